The summed E-state index contributed by atoms with van der Waals surface area (Å²) in [7, 11) is 0. The molecule has 3 aromatic heterocycles. The molecule has 1 aliphatic rings. The van der Waals surface area contributed by atoms with Gasteiger partial charge in [-0.2, -0.15) is 0 Å². The van der Waals surface area contributed by atoms with Crippen molar-refractivity contribution in [2.24, 2.45) is 0 Å². The van der Waals surface area contributed by atoms with E-state index in [1.165, 1.54) is 12.3 Å². The molecule has 1 fully saturated rings. The van der Waals surface area contributed by atoms with Gasteiger partial charge in [0.15, 0.2) is 0 Å². The van der Waals surface area contributed by atoms with Crippen molar-refractivity contribution in [2.75, 3.05) is 13.1 Å². The molecular formula is C19H19F2N5O2. The average molecular weight is 387 g/mol. The van der Waals surface area contributed by atoms with Crippen molar-refractivity contribution in [1.82, 2.24) is 25.0 Å². The van der Waals surface area contributed by atoms with Gasteiger partial charge in [-0.1, -0.05) is 5.16 Å². The molecule has 0 bridgehead atoms. The number of rotatable bonds is 3. The first kappa shape index (κ1) is 18.4. The van der Waals surface area contributed by atoms with Crippen LogP contribution in [0.4, 0.5) is 8.78 Å². The maximum absolute atomic E-state index is 13.6. The lowest BCUT2D eigenvalue weighted by Crippen LogP contribution is -2.39. The molecule has 0 aromatic carbocycles. The first-order chi connectivity index (χ1) is 13.4. The summed E-state index contributed by atoms with van der Waals surface area (Å²) < 4.78 is 32.3. The number of alkyl halides is 2. The van der Waals surface area contributed by atoms with Gasteiger partial charge in [0.25, 0.3) is 18.0 Å². The largest absolute Gasteiger partial charge is 0.337 e. The van der Waals surface area contributed by atoms with Crippen LogP contribution in [0, 0.1) is 13.8 Å². The van der Waals surface area contributed by atoms with Crippen LogP contribution >= 0.6 is 0 Å². The van der Waals surface area contributed by atoms with Crippen LogP contribution in [0.15, 0.2) is 23.0 Å². The molecule has 0 saturated carbocycles. The lowest BCUT2D eigenvalue weighted by Gasteiger charge is -2.32. The van der Waals surface area contributed by atoms with Crippen LogP contribution in [-0.4, -0.2) is 44.0 Å². The minimum Gasteiger partial charge on any atom is -0.337 e. The van der Waals surface area contributed by atoms with E-state index in [1.807, 2.05) is 0 Å². The maximum Gasteiger partial charge on any atom is 0.274 e. The summed E-state index contributed by atoms with van der Waals surface area (Å²) in [6.07, 6.45) is 1.83. The van der Waals surface area contributed by atoms with Gasteiger partial charge in [0, 0.05) is 36.5 Å². The number of halogens is 2. The van der Waals surface area contributed by atoms with Gasteiger partial charge in [0.1, 0.15) is 5.69 Å². The second kappa shape index (κ2) is 7.21. The Labute approximate surface area is 159 Å². The topological polar surface area (TPSA) is 85.0 Å². The number of pyridine rings is 1. The molecule has 9 heteroatoms. The van der Waals surface area contributed by atoms with Crippen LogP contribution in [0.25, 0.3) is 11.1 Å². The van der Waals surface area contributed by atoms with Crippen molar-refractivity contribution in [1.29, 1.82) is 0 Å². The van der Waals surface area contributed by atoms with Gasteiger partial charge >= 0.3 is 0 Å². The smallest absolute Gasteiger partial charge is 0.274 e. The van der Waals surface area contributed by atoms with Crippen molar-refractivity contribution in [3.8, 4) is 0 Å². The minimum atomic E-state index is -2.66. The highest BCUT2D eigenvalue weighted by molar-refractivity contribution is 5.92. The first-order valence-electron chi connectivity index (χ1n) is 9.07. The predicted octanol–water partition coefficient (Wildman–Crippen LogP) is 3.59. The van der Waals surface area contributed by atoms with Crippen molar-refractivity contribution in [3.05, 3.63) is 46.8 Å². The highest BCUT2D eigenvalue weighted by Gasteiger charge is 2.29. The summed E-state index contributed by atoms with van der Waals surface area (Å²) in [6, 6.07) is 1.42. The number of aryl methyl sites for hydroxylation is 2. The number of hydrogen-bond acceptors (Lipinski definition) is 6. The Balaban J connectivity index is 1.62. The van der Waals surface area contributed by atoms with E-state index >= 15 is 0 Å². The van der Waals surface area contributed by atoms with Gasteiger partial charge in [-0.3, -0.25) is 9.78 Å². The number of likely N-dealkylation sites (tertiary alicyclic amines) is 1. The standard InChI is InChI=1S/C19H19F2N5O2/c1-10-7-23-15(8-22-10)19(27)26-5-3-4-12(9-26)14-6-13(17(20)21)16-11(2)25-28-18(16)24-14/h6-8,12,17H,3-5,9H2,1-2H3/t12-/m1/s1. The molecule has 4 rings (SSSR count). The van der Waals surface area contributed by atoms with Crippen LogP contribution in [0.3, 0.4) is 0 Å². The molecule has 0 N–H and O–H groups in total. The van der Waals surface area contributed by atoms with Gasteiger partial charge in [-0.15, -0.1) is 0 Å². The lowest BCUT2D eigenvalue weighted by atomic mass is 9.92. The fourth-order valence-corrected chi connectivity index (χ4v) is 3.60. The zero-order valence-corrected chi connectivity index (χ0v) is 15.5. The van der Waals surface area contributed by atoms with Crippen molar-refractivity contribution < 1.29 is 18.1 Å². The number of aromatic nitrogens is 4. The van der Waals surface area contributed by atoms with E-state index in [4.69, 9.17) is 4.52 Å². The van der Waals surface area contributed by atoms with Crippen molar-refractivity contribution in [3.63, 3.8) is 0 Å². The van der Waals surface area contributed by atoms with E-state index in [1.54, 1.807) is 24.9 Å². The molecule has 1 saturated heterocycles. The van der Waals surface area contributed by atoms with E-state index in [0.717, 1.165) is 18.5 Å². The third-order valence-corrected chi connectivity index (χ3v) is 5.03. The Morgan fingerprint density at radius 3 is 2.82 bits per heavy atom. The Hall–Kier alpha value is -2.97. The van der Waals surface area contributed by atoms with Gasteiger partial charge in [-0.25, -0.2) is 18.7 Å². The number of carbonyl (C=O) groups is 1. The van der Waals surface area contributed by atoms with Crippen LogP contribution in [-0.2, 0) is 0 Å². The first-order valence-corrected chi connectivity index (χ1v) is 9.07. The van der Waals surface area contributed by atoms with Gasteiger partial charge in [0.2, 0.25) is 0 Å². The second-order valence-corrected chi connectivity index (χ2v) is 7.02. The van der Waals surface area contributed by atoms with Gasteiger partial charge in [0.05, 0.1) is 23.0 Å². The number of fused-ring (bicyclic) bond motifs is 1. The Morgan fingerprint density at radius 2 is 2.11 bits per heavy atom. The van der Waals surface area contributed by atoms with Gasteiger partial charge in [-0.05, 0) is 32.8 Å². The minimum absolute atomic E-state index is 0.109. The third-order valence-electron chi connectivity index (χ3n) is 5.03. The fourth-order valence-electron chi connectivity index (χ4n) is 3.60. The van der Waals surface area contributed by atoms with Crippen LogP contribution in [0.2, 0.25) is 0 Å². The third kappa shape index (κ3) is 3.32. The molecule has 146 valence electrons. The summed E-state index contributed by atoms with van der Waals surface area (Å²) in [6.45, 7) is 4.37. The summed E-state index contributed by atoms with van der Waals surface area (Å²) in [4.78, 5) is 27.1. The number of piperidine rings is 1. The molecule has 0 radical (unpaired) electrons. The number of carbonyl (C=O) groups excluding carboxylic acids is 1. The molecule has 0 aliphatic carbocycles. The fraction of sp³-hybridized carbons (Fsp3) is 0.421. The van der Waals surface area contributed by atoms with Crippen molar-refractivity contribution >= 4 is 17.0 Å². The van der Waals surface area contributed by atoms with Crippen molar-refractivity contribution in [2.45, 2.75) is 39.0 Å². The van der Waals surface area contributed by atoms with E-state index in [9.17, 15) is 13.6 Å². The predicted molar refractivity (Wildman–Crippen MR) is 96.1 cm³/mol. The quantitative estimate of drug-likeness (QED) is 0.683. The van der Waals surface area contributed by atoms with E-state index in [-0.39, 0.29) is 34.2 Å². The molecule has 3 aromatic rings. The molecule has 1 atom stereocenters. The molecule has 1 aliphatic heterocycles. The summed E-state index contributed by atoms with van der Waals surface area (Å²) in [5.41, 5.74) is 1.86. The molecule has 4 heterocycles. The zero-order chi connectivity index (χ0) is 19.8. The van der Waals surface area contributed by atoms with E-state index in [0.29, 0.717) is 24.5 Å². The Kier molecular flexibility index (Phi) is 4.74. The molecule has 1 amide bonds. The number of hydrogen-bond donors (Lipinski definition) is 0. The van der Waals surface area contributed by atoms with Gasteiger partial charge < -0.3 is 9.42 Å². The normalized spacial score (nSPS) is 17.5. The average Bonchev–Trinajstić information content (AvgIpc) is 3.08. The van der Waals surface area contributed by atoms with E-state index in [2.05, 4.69) is 20.1 Å². The lowest BCUT2D eigenvalue weighted by molar-refractivity contribution is 0.0699. The highest BCUT2D eigenvalue weighted by Crippen LogP contribution is 2.34. The maximum atomic E-state index is 13.6. The van der Waals surface area contributed by atoms with Crippen LogP contribution in [0.1, 0.15) is 58.3 Å². The summed E-state index contributed by atoms with van der Waals surface area (Å²) in [5.74, 6) is -0.383. The summed E-state index contributed by atoms with van der Waals surface area (Å²) >= 11 is 0. The number of amides is 1. The molecular weight excluding hydrogens is 368 g/mol. The Morgan fingerprint density at radius 1 is 1.29 bits per heavy atom. The summed E-state index contributed by atoms with van der Waals surface area (Å²) in [5, 5.41) is 4.03. The molecule has 28 heavy (non-hydrogen) atoms. The molecule has 0 unspecified atom stereocenters. The second-order valence-electron chi connectivity index (χ2n) is 7.02. The molecule has 7 nitrogen and oxygen atoms in total. The SMILES string of the molecule is Cc1cnc(C(=O)N2CCC[C@@H](c3cc(C(F)F)c4c(C)noc4n3)C2)cn1. The number of nitrogens with zero attached hydrogens (tertiary/aromatic N) is 5. The zero-order valence-electron chi connectivity index (χ0n) is 15.5. The van der Waals surface area contributed by atoms with E-state index < -0.39 is 6.43 Å². The highest BCUT2D eigenvalue weighted by atomic mass is 19.3. The van der Waals surface area contributed by atoms with Crippen LogP contribution in [0.5, 0.6) is 0 Å². The van der Waals surface area contributed by atoms with Crippen LogP contribution < -0.4 is 0 Å². The Bertz CT molecular complexity index is 1020. The molecule has 0 spiro atoms. The monoisotopic (exact) mass is 387 g/mol.